The Labute approximate surface area is 159 Å². The van der Waals surface area contributed by atoms with Gasteiger partial charge in [0.1, 0.15) is 54.9 Å². The van der Waals surface area contributed by atoms with E-state index in [4.69, 9.17) is 28.8 Å². The second-order valence-electron chi connectivity index (χ2n) is 6.94. The molecule has 3 aliphatic rings. The fourth-order valence-electron chi connectivity index (χ4n) is 3.24. The molecule has 3 heterocycles. The van der Waals surface area contributed by atoms with E-state index in [2.05, 4.69) is 0 Å². The van der Waals surface area contributed by atoms with Gasteiger partial charge in [-0.25, -0.2) is 0 Å². The third-order valence-corrected chi connectivity index (χ3v) is 5.00. The van der Waals surface area contributed by atoms with Gasteiger partial charge in [0.25, 0.3) is 0 Å². The highest BCUT2D eigenvalue weighted by Gasteiger charge is 2.48. The second-order valence-corrected chi connectivity index (χ2v) is 6.94. The summed E-state index contributed by atoms with van der Waals surface area (Å²) >= 11 is 0. The van der Waals surface area contributed by atoms with Crippen molar-refractivity contribution < 1.29 is 64.5 Å². The molecule has 0 aliphatic carbocycles. The third-order valence-electron chi connectivity index (χ3n) is 5.00. The highest BCUT2D eigenvalue weighted by Crippen LogP contribution is 2.27. The van der Waals surface area contributed by atoms with Crippen molar-refractivity contribution in [1.82, 2.24) is 0 Å². The maximum Gasteiger partial charge on any atom is 0.186 e. The number of rotatable bonds is 7. The van der Waals surface area contributed by atoms with Crippen LogP contribution in [0.4, 0.5) is 0 Å². The van der Waals surface area contributed by atoms with Gasteiger partial charge in [0.2, 0.25) is 0 Å². The Balaban J connectivity index is 1.46. The lowest BCUT2D eigenvalue weighted by Crippen LogP contribution is -2.39. The average molecular weight is 414 g/mol. The molecule has 0 radical (unpaired) electrons. The first kappa shape index (κ1) is 22.2. The SMILES string of the molecule is OC[C@H]1OC(OC[C@H]2OC(OC[C@H]3OC(O)[C@@H](O)[C@@H]3O)[C@@H](O)[C@@H]2O)[C@@H](O)[C@@H]1O. The topological polar surface area (TPSA) is 208 Å². The Morgan fingerprint density at radius 2 is 0.964 bits per heavy atom. The summed E-state index contributed by atoms with van der Waals surface area (Å²) in [6, 6.07) is 0. The number of ether oxygens (including phenoxy) is 5. The van der Waals surface area contributed by atoms with Crippen LogP contribution < -0.4 is 0 Å². The van der Waals surface area contributed by atoms with E-state index in [0.717, 1.165) is 0 Å². The van der Waals surface area contributed by atoms with E-state index in [1.165, 1.54) is 0 Å². The van der Waals surface area contributed by atoms with Gasteiger partial charge in [-0.3, -0.25) is 0 Å². The standard InChI is InChI=1S/C15H26O13/c16-1-4-7(17)11(21)14(27-4)25-3-6-9(19)12(22)15(28-6)24-2-5-8(18)10(20)13(23)26-5/h4-23H,1-3H2/t4-,5-,6-,7-,8-,9-,10+,11+,12+,13?,14?,15?/m1/s1. The van der Waals surface area contributed by atoms with Gasteiger partial charge < -0.3 is 64.5 Å². The number of hydrogen-bond acceptors (Lipinski definition) is 13. The average Bonchev–Trinajstić information content (AvgIpc) is 3.21. The molecule has 8 N–H and O–H groups in total. The van der Waals surface area contributed by atoms with E-state index in [-0.39, 0.29) is 13.2 Å². The predicted octanol–water partition coefficient (Wildman–Crippen LogP) is -5.66. The van der Waals surface area contributed by atoms with E-state index in [0.29, 0.717) is 0 Å². The lowest BCUT2D eigenvalue weighted by molar-refractivity contribution is -0.215. The summed E-state index contributed by atoms with van der Waals surface area (Å²) in [7, 11) is 0. The van der Waals surface area contributed by atoms with Crippen LogP contribution in [-0.4, -0.2) is 134 Å². The molecule has 13 heteroatoms. The van der Waals surface area contributed by atoms with Crippen molar-refractivity contribution in [2.45, 2.75) is 73.8 Å². The van der Waals surface area contributed by atoms with Crippen molar-refractivity contribution in [2.24, 2.45) is 0 Å². The van der Waals surface area contributed by atoms with Crippen molar-refractivity contribution >= 4 is 0 Å². The molecule has 12 atom stereocenters. The fourth-order valence-corrected chi connectivity index (χ4v) is 3.24. The van der Waals surface area contributed by atoms with Crippen LogP contribution in [0.5, 0.6) is 0 Å². The van der Waals surface area contributed by atoms with Crippen LogP contribution in [0.15, 0.2) is 0 Å². The minimum Gasteiger partial charge on any atom is -0.394 e. The molecule has 3 rings (SSSR count). The van der Waals surface area contributed by atoms with E-state index in [1.54, 1.807) is 0 Å². The molecule has 3 saturated heterocycles. The summed E-state index contributed by atoms with van der Waals surface area (Å²) in [4.78, 5) is 0. The summed E-state index contributed by atoms with van der Waals surface area (Å²) in [6.07, 6.45) is -15.8. The van der Waals surface area contributed by atoms with Gasteiger partial charge in [0.05, 0.1) is 19.8 Å². The summed E-state index contributed by atoms with van der Waals surface area (Å²) in [5.41, 5.74) is 0. The Bertz CT molecular complexity index is 508. The number of hydrogen-bond donors (Lipinski definition) is 8. The maximum absolute atomic E-state index is 10.1. The van der Waals surface area contributed by atoms with Crippen molar-refractivity contribution in [2.75, 3.05) is 19.8 Å². The Kier molecular flexibility index (Phi) is 7.20. The Hall–Kier alpha value is -0.520. The van der Waals surface area contributed by atoms with Crippen molar-refractivity contribution in [3.8, 4) is 0 Å². The molecule has 0 spiro atoms. The van der Waals surface area contributed by atoms with Crippen LogP contribution >= 0.6 is 0 Å². The molecule has 0 aromatic rings. The molecule has 0 saturated carbocycles. The molecule has 0 aromatic heterocycles. The maximum atomic E-state index is 10.1. The molecule has 164 valence electrons. The monoisotopic (exact) mass is 414 g/mol. The van der Waals surface area contributed by atoms with Crippen LogP contribution in [-0.2, 0) is 23.7 Å². The van der Waals surface area contributed by atoms with E-state index < -0.39 is 80.4 Å². The van der Waals surface area contributed by atoms with Crippen LogP contribution in [0.3, 0.4) is 0 Å². The first-order valence-corrected chi connectivity index (χ1v) is 8.81. The minimum absolute atomic E-state index is 0.329. The van der Waals surface area contributed by atoms with Crippen molar-refractivity contribution in [3.05, 3.63) is 0 Å². The molecular formula is C15H26O13. The van der Waals surface area contributed by atoms with Crippen molar-refractivity contribution in [3.63, 3.8) is 0 Å². The summed E-state index contributed by atoms with van der Waals surface area (Å²) in [6.45, 7) is -1.19. The second kappa shape index (κ2) is 9.09. The zero-order valence-electron chi connectivity index (χ0n) is 14.7. The molecule has 3 fully saturated rings. The van der Waals surface area contributed by atoms with Gasteiger partial charge in [-0.05, 0) is 0 Å². The number of aliphatic hydroxyl groups is 8. The predicted molar refractivity (Wildman–Crippen MR) is 83.2 cm³/mol. The Morgan fingerprint density at radius 1 is 0.536 bits per heavy atom. The highest BCUT2D eigenvalue weighted by atomic mass is 16.7. The van der Waals surface area contributed by atoms with Gasteiger partial charge in [-0.2, -0.15) is 0 Å². The van der Waals surface area contributed by atoms with Crippen molar-refractivity contribution in [1.29, 1.82) is 0 Å². The van der Waals surface area contributed by atoms with Gasteiger partial charge >= 0.3 is 0 Å². The summed E-state index contributed by atoms with van der Waals surface area (Å²) in [5, 5.41) is 77.1. The summed E-state index contributed by atoms with van der Waals surface area (Å²) in [5.74, 6) is 0. The van der Waals surface area contributed by atoms with Crippen LogP contribution in [0.1, 0.15) is 0 Å². The molecule has 0 aromatic carbocycles. The molecule has 13 nitrogen and oxygen atoms in total. The molecule has 28 heavy (non-hydrogen) atoms. The number of aliphatic hydroxyl groups excluding tert-OH is 8. The van der Waals surface area contributed by atoms with E-state index in [1.807, 2.05) is 0 Å². The highest BCUT2D eigenvalue weighted by molar-refractivity contribution is 4.90. The molecule has 0 amide bonds. The van der Waals surface area contributed by atoms with Gasteiger partial charge in [-0.15, -0.1) is 0 Å². The largest absolute Gasteiger partial charge is 0.394 e. The molecule has 0 bridgehead atoms. The van der Waals surface area contributed by atoms with Gasteiger partial charge in [0, 0.05) is 0 Å². The third kappa shape index (κ3) is 4.32. The van der Waals surface area contributed by atoms with Crippen LogP contribution in [0.2, 0.25) is 0 Å². The zero-order chi connectivity index (χ0) is 20.6. The molecule has 3 aliphatic heterocycles. The van der Waals surface area contributed by atoms with Gasteiger partial charge in [-0.1, -0.05) is 0 Å². The van der Waals surface area contributed by atoms with Crippen LogP contribution in [0, 0.1) is 0 Å². The minimum atomic E-state index is -1.57. The normalized spacial score (nSPS) is 51.9. The quantitative estimate of drug-likeness (QED) is 0.196. The first-order chi connectivity index (χ1) is 13.2. The fraction of sp³-hybridized carbons (Fsp3) is 1.00. The smallest absolute Gasteiger partial charge is 0.186 e. The Morgan fingerprint density at radius 3 is 1.39 bits per heavy atom. The summed E-state index contributed by atoms with van der Waals surface area (Å²) < 4.78 is 25.9. The first-order valence-electron chi connectivity index (χ1n) is 8.81. The lowest BCUT2D eigenvalue weighted by Gasteiger charge is -2.20. The lowest BCUT2D eigenvalue weighted by atomic mass is 10.1. The molecular weight excluding hydrogens is 388 g/mol. The van der Waals surface area contributed by atoms with E-state index >= 15 is 0 Å². The van der Waals surface area contributed by atoms with Gasteiger partial charge in [0.15, 0.2) is 18.9 Å². The van der Waals surface area contributed by atoms with Crippen LogP contribution in [0.25, 0.3) is 0 Å². The molecule has 3 unspecified atom stereocenters. The zero-order valence-corrected chi connectivity index (χ0v) is 14.7. The van der Waals surface area contributed by atoms with E-state index in [9.17, 15) is 35.7 Å².